The fourth-order valence-electron chi connectivity index (χ4n) is 3.52. The summed E-state index contributed by atoms with van der Waals surface area (Å²) in [5.41, 5.74) is 1.42. The van der Waals surface area contributed by atoms with Gasteiger partial charge in [-0.2, -0.15) is 0 Å². The molecule has 0 atom stereocenters. The molecule has 0 saturated heterocycles. The van der Waals surface area contributed by atoms with Gasteiger partial charge in [0.1, 0.15) is 25.5 Å². The molecule has 0 aliphatic carbocycles. The molecule has 0 aromatic heterocycles. The van der Waals surface area contributed by atoms with Gasteiger partial charge >= 0.3 is 5.97 Å². The van der Waals surface area contributed by atoms with Gasteiger partial charge in [0.05, 0.1) is 23.7 Å². The maximum Gasteiger partial charge on any atom is 0.302 e. The number of esters is 1. The lowest BCUT2D eigenvalue weighted by Crippen LogP contribution is -2.44. The van der Waals surface area contributed by atoms with Gasteiger partial charge < -0.3 is 24.8 Å². The summed E-state index contributed by atoms with van der Waals surface area (Å²) in [6.07, 6.45) is 0. The van der Waals surface area contributed by atoms with Crippen molar-refractivity contribution >= 4 is 41.0 Å². The van der Waals surface area contributed by atoms with Crippen LogP contribution >= 0.6 is 11.6 Å². The van der Waals surface area contributed by atoms with Crippen molar-refractivity contribution in [2.75, 3.05) is 44.4 Å². The highest BCUT2D eigenvalue weighted by molar-refractivity contribution is 6.34. The number of carbonyl (C=O) groups excluding carboxylic acids is 4. The highest BCUT2D eigenvalue weighted by Crippen LogP contribution is 2.30. The van der Waals surface area contributed by atoms with Gasteiger partial charge in [-0.15, -0.1) is 0 Å². The zero-order chi connectivity index (χ0) is 25.4. The van der Waals surface area contributed by atoms with Crippen LogP contribution in [0.2, 0.25) is 5.02 Å². The number of benzene rings is 2. The third kappa shape index (κ3) is 6.93. The highest BCUT2D eigenvalue weighted by Gasteiger charge is 2.31. The molecule has 3 rings (SSSR count). The van der Waals surface area contributed by atoms with Gasteiger partial charge in [0.2, 0.25) is 11.8 Å². The Morgan fingerprint density at radius 3 is 2.60 bits per heavy atom. The topological polar surface area (TPSA) is 125 Å². The first-order valence-electron chi connectivity index (χ1n) is 10.9. The number of aliphatic hydroxyl groups excluding tert-OH is 1. The molecular weight excluding hydrogens is 478 g/mol. The molecule has 35 heavy (non-hydrogen) atoms. The number of amides is 3. The average Bonchev–Trinajstić information content (AvgIpc) is 2.96. The van der Waals surface area contributed by atoms with Gasteiger partial charge in [0.15, 0.2) is 0 Å². The number of nitrogens with zero attached hydrogens (tertiary/aromatic N) is 2. The van der Waals surface area contributed by atoms with E-state index in [4.69, 9.17) is 26.2 Å². The fraction of sp³-hybridized carbons (Fsp3) is 0.333. The second-order valence-electron chi connectivity index (χ2n) is 7.67. The number of hydrogen-bond acceptors (Lipinski definition) is 7. The first-order chi connectivity index (χ1) is 16.8. The molecule has 0 unspecified atom stereocenters. The van der Waals surface area contributed by atoms with Crippen LogP contribution in [-0.2, 0) is 25.7 Å². The van der Waals surface area contributed by atoms with E-state index in [0.717, 1.165) is 0 Å². The summed E-state index contributed by atoms with van der Waals surface area (Å²) >= 11 is 6.38. The van der Waals surface area contributed by atoms with E-state index in [1.807, 2.05) is 0 Å². The second-order valence-corrected chi connectivity index (χ2v) is 8.08. The van der Waals surface area contributed by atoms with E-state index in [2.05, 4.69) is 5.32 Å². The van der Waals surface area contributed by atoms with Crippen molar-refractivity contribution in [2.45, 2.75) is 13.5 Å². The molecular formula is C24H26ClN3O7. The van der Waals surface area contributed by atoms with Gasteiger partial charge in [-0.05, 0) is 29.8 Å². The zero-order valence-electron chi connectivity index (χ0n) is 19.2. The number of para-hydroxylation sites is 1. The summed E-state index contributed by atoms with van der Waals surface area (Å²) in [7, 11) is 0. The van der Waals surface area contributed by atoms with Crippen LogP contribution < -0.4 is 15.0 Å². The minimum atomic E-state index is -0.478. The molecule has 0 spiro atoms. The number of ether oxygens (including phenoxy) is 2. The van der Waals surface area contributed by atoms with Crippen molar-refractivity contribution in [3.63, 3.8) is 0 Å². The minimum absolute atomic E-state index is 0.0782. The Morgan fingerprint density at radius 1 is 1.11 bits per heavy atom. The Hall–Kier alpha value is -3.63. The summed E-state index contributed by atoms with van der Waals surface area (Å²) in [6, 6.07) is 11.6. The van der Waals surface area contributed by atoms with Crippen LogP contribution in [0.25, 0.3) is 0 Å². The van der Waals surface area contributed by atoms with E-state index >= 15 is 0 Å². The standard InChI is InChI=1S/C24H26ClN3O7/c1-16(30)34-10-11-35-18-6-7-19(20(25)12-18)24(33)28-15-23(32)27(14-22(31)26-8-9-29)13-17-4-2-3-5-21(17)28/h2-7,12,29H,8-11,13-15H2,1H3,(H,26,31). The molecule has 186 valence electrons. The van der Waals surface area contributed by atoms with E-state index in [-0.39, 0.29) is 56.6 Å². The number of rotatable bonds is 9. The monoisotopic (exact) mass is 503 g/mol. The second kappa shape index (κ2) is 12.2. The van der Waals surface area contributed by atoms with Gasteiger partial charge in [0, 0.05) is 25.7 Å². The number of aliphatic hydroxyl groups is 1. The molecule has 0 fully saturated rings. The van der Waals surface area contributed by atoms with Crippen LogP contribution in [0.1, 0.15) is 22.8 Å². The van der Waals surface area contributed by atoms with Crippen LogP contribution in [0.5, 0.6) is 5.75 Å². The van der Waals surface area contributed by atoms with Gasteiger partial charge in [0.25, 0.3) is 5.91 Å². The van der Waals surface area contributed by atoms with E-state index in [0.29, 0.717) is 17.0 Å². The summed E-state index contributed by atoms with van der Waals surface area (Å²) < 4.78 is 10.3. The first kappa shape index (κ1) is 26.0. The van der Waals surface area contributed by atoms with Crippen LogP contribution in [0.3, 0.4) is 0 Å². The maximum absolute atomic E-state index is 13.5. The summed E-state index contributed by atoms with van der Waals surface area (Å²) in [4.78, 5) is 52.1. The molecule has 11 heteroatoms. The molecule has 3 amide bonds. The van der Waals surface area contributed by atoms with E-state index < -0.39 is 23.7 Å². The Kier molecular flexibility index (Phi) is 9.04. The van der Waals surface area contributed by atoms with Crippen molar-refractivity contribution in [1.29, 1.82) is 0 Å². The van der Waals surface area contributed by atoms with Crippen LogP contribution in [0.4, 0.5) is 5.69 Å². The maximum atomic E-state index is 13.5. The molecule has 10 nitrogen and oxygen atoms in total. The number of nitrogens with one attached hydrogen (secondary N) is 1. The van der Waals surface area contributed by atoms with Crippen molar-refractivity contribution in [2.24, 2.45) is 0 Å². The van der Waals surface area contributed by atoms with Crippen molar-refractivity contribution < 1.29 is 33.8 Å². The summed E-state index contributed by atoms with van der Waals surface area (Å²) in [5, 5.41) is 11.5. The molecule has 0 saturated carbocycles. The third-order valence-corrected chi connectivity index (χ3v) is 5.44. The Bertz CT molecular complexity index is 1110. The van der Waals surface area contributed by atoms with Gasteiger partial charge in [-0.25, -0.2) is 0 Å². The molecule has 2 aromatic carbocycles. The smallest absolute Gasteiger partial charge is 0.302 e. The first-order valence-corrected chi connectivity index (χ1v) is 11.3. The number of anilines is 1. The Balaban J connectivity index is 1.78. The van der Waals surface area contributed by atoms with Crippen LogP contribution in [0.15, 0.2) is 42.5 Å². The molecule has 1 aliphatic heterocycles. The number of hydrogen-bond donors (Lipinski definition) is 2. The van der Waals surface area contributed by atoms with Crippen LogP contribution in [-0.4, -0.2) is 73.2 Å². The summed E-state index contributed by atoms with van der Waals surface area (Å²) in [5.74, 6) is -1.31. The molecule has 0 bridgehead atoms. The molecule has 2 N–H and O–H groups in total. The molecule has 1 heterocycles. The van der Waals surface area contributed by atoms with Crippen molar-refractivity contribution in [1.82, 2.24) is 10.2 Å². The predicted octanol–water partition coefficient (Wildman–Crippen LogP) is 1.38. The number of fused-ring (bicyclic) bond motifs is 1. The molecule has 0 radical (unpaired) electrons. The van der Waals surface area contributed by atoms with Crippen molar-refractivity contribution in [3.05, 3.63) is 58.6 Å². The molecule has 2 aromatic rings. The Morgan fingerprint density at radius 2 is 1.89 bits per heavy atom. The Labute approximate surface area is 207 Å². The lowest BCUT2D eigenvalue weighted by atomic mass is 10.1. The largest absolute Gasteiger partial charge is 0.490 e. The van der Waals surface area contributed by atoms with E-state index in [9.17, 15) is 19.2 Å². The van der Waals surface area contributed by atoms with E-state index in [1.54, 1.807) is 30.3 Å². The highest BCUT2D eigenvalue weighted by atomic mass is 35.5. The predicted molar refractivity (Wildman–Crippen MR) is 127 cm³/mol. The SMILES string of the molecule is CC(=O)OCCOc1ccc(C(=O)N2CC(=O)N(CC(=O)NCCO)Cc3ccccc32)c(Cl)c1. The minimum Gasteiger partial charge on any atom is -0.490 e. The van der Waals surface area contributed by atoms with Crippen LogP contribution in [0, 0.1) is 0 Å². The normalized spacial score (nSPS) is 13.1. The number of carbonyl (C=O) groups is 4. The van der Waals surface area contributed by atoms with Gasteiger partial charge in [-0.1, -0.05) is 29.8 Å². The average molecular weight is 504 g/mol. The number of halogens is 1. The third-order valence-electron chi connectivity index (χ3n) is 5.13. The van der Waals surface area contributed by atoms with Crippen molar-refractivity contribution in [3.8, 4) is 5.75 Å². The van der Waals surface area contributed by atoms with Gasteiger partial charge in [-0.3, -0.25) is 24.1 Å². The fourth-order valence-corrected chi connectivity index (χ4v) is 3.77. The summed E-state index contributed by atoms with van der Waals surface area (Å²) in [6.45, 7) is 1.05. The molecule has 1 aliphatic rings. The zero-order valence-corrected chi connectivity index (χ0v) is 19.9. The lowest BCUT2D eigenvalue weighted by Gasteiger charge is -2.23. The van der Waals surface area contributed by atoms with E-state index in [1.165, 1.54) is 28.9 Å². The lowest BCUT2D eigenvalue weighted by molar-refractivity contribution is -0.141. The quantitative estimate of drug-likeness (QED) is 0.391.